The topological polar surface area (TPSA) is 24.9 Å². The second kappa shape index (κ2) is 3.99. The van der Waals surface area contributed by atoms with Crippen molar-refractivity contribution in [2.75, 3.05) is 6.54 Å². The first-order valence-corrected chi connectivity index (χ1v) is 6.18. The summed E-state index contributed by atoms with van der Waals surface area (Å²) in [5.74, 6) is 0.664. The van der Waals surface area contributed by atoms with Crippen molar-refractivity contribution >= 4 is 11.3 Å². The van der Waals surface area contributed by atoms with Gasteiger partial charge >= 0.3 is 0 Å². The first-order valence-electron chi connectivity index (χ1n) is 5.36. The fourth-order valence-electron chi connectivity index (χ4n) is 2.00. The van der Waals surface area contributed by atoms with E-state index in [0.29, 0.717) is 12.0 Å². The maximum atomic E-state index is 4.63. The minimum absolute atomic E-state index is 0.582. The Balaban J connectivity index is 2.02. The third-order valence-electron chi connectivity index (χ3n) is 2.71. The average molecular weight is 210 g/mol. The molecule has 1 atom stereocenters. The van der Waals surface area contributed by atoms with Crippen molar-refractivity contribution in [2.45, 2.75) is 45.6 Å². The molecular weight excluding hydrogens is 192 g/mol. The molecule has 3 heteroatoms. The molecule has 0 radical (unpaired) electrons. The summed E-state index contributed by atoms with van der Waals surface area (Å²) < 4.78 is 0. The van der Waals surface area contributed by atoms with E-state index in [-0.39, 0.29) is 0 Å². The van der Waals surface area contributed by atoms with Crippen LogP contribution in [0.2, 0.25) is 0 Å². The largest absolute Gasteiger partial charge is 0.314 e. The van der Waals surface area contributed by atoms with Gasteiger partial charge in [-0.2, -0.15) is 0 Å². The zero-order valence-corrected chi connectivity index (χ0v) is 9.95. The Morgan fingerprint density at radius 1 is 1.57 bits per heavy atom. The SMILES string of the molecule is Cc1nc2c(s1)CCC2CNC(C)C. The second-order valence-electron chi connectivity index (χ2n) is 4.34. The lowest BCUT2D eigenvalue weighted by atomic mass is 10.1. The molecule has 0 saturated heterocycles. The first-order chi connectivity index (χ1) is 6.66. The Bertz CT molecular complexity index is 317. The van der Waals surface area contributed by atoms with Crippen LogP contribution in [0.25, 0.3) is 0 Å². The normalized spacial score (nSPS) is 20.4. The van der Waals surface area contributed by atoms with E-state index in [0.717, 1.165) is 6.54 Å². The minimum Gasteiger partial charge on any atom is -0.314 e. The maximum Gasteiger partial charge on any atom is 0.0900 e. The number of hydrogen-bond donors (Lipinski definition) is 1. The van der Waals surface area contributed by atoms with Crippen LogP contribution >= 0.6 is 11.3 Å². The molecule has 0 aliphatic heterocycles. The predicted octanol–water partition coefficient (Wildman–Crippen LogP) is 2.48. The highest BCUT2D eigenvalue weighted by Crippen LogP contribution is 2.35. The molecule has 0 saturated carbocycles. The van der Waals surface area contributed by atoms with Gasteiger partial charge in [0.15, 0.2) is 0 Å². The number of nitrogens with zero attached hydrogens (tertiary/aromatic N) is 1. The van der Waals surface area contributed by atoms with Gasteiger partial charge in [-0.1, -0.05) is 13.8 Å². The van der Waals surface area contributed by atoms with Gasteiger partial charge in [-0.25, -0.2) is 4.98 Å². The highest BCUT2D eigenvalue weighted by Gasteiger charge is 2.25. The zero-order valence-electron chi connectivity index (χ0n) is 9.13. The second-order valence-corrected chi connectivity index (χ2v) is 5.63. The summed E-state index contributed by atoms with van der Waals surface area (Å²) in [6, 6.07) is 0.582. The Labute approximate surface area is 89.8 Å². The molecule has 0 bridgehead atoms. The van der Waals surface area contributed by atoms with Crippen molar-refractivity contribution in [1.82, 2.24) is 10.3 Å². The number of thiazole rings is 1. The lowest BCUT2D eigenvalue weighted by Crippen LogP contribution is -2.27. The molecule has 0 amide bonds. The van der Waals surface area contributed by atoms with Crippen LogP contribution in [0.5, 0.6) is 0 Å². The van der Waals surface area contributed by atoms with Gasteiger partial charge in [0.1, 0.15) is 0 Å². The third-order valence-corrected chi connectivity index (χ3v) is 3.76. The highest BCUT2D eigenvalue weighted by molar-refractivity contribution is 7.11. The number of aromatic nitrogens is 1. The van der Waals surface area contributed by atoms with Crippen LogP contribution in [0, 0.1) is 6.92 Å². The van der Waals surface area contributed by atoms with Gasteiger partial charge in [0.25, 0.3) is 0 Å². The summed E-state index contributed by atoms with van der Waals surface area (Å²) in [5.41, 5.74) is 1.38. The quantitative estimate of drug-likeness (QED) is 0.829. The minimum atomic E-state index is 0.582. The molecule has 1 aromatic heterocycles. The molecule has 14 heavy (non-hydrogen) atoms. The Hall–Kier alpha value is -0.410. The number of fused-ring (bicyclic) bond motifs is 1. The number of rotatable bonds is 3. The summed E-state index contributed by atoms with van der Waals surface area (Å²) in [6.07, 6.45) is 2.53. The summed E-state index contributed by atoms with van der Waals surface area (Å²) in [5, 5.41) is 4.73. The van der Waals surface area contributed by atoms with E-state index in [4.69, 9.17) is 0 Å². The van der Waals surface area contributed by atoms with E-state index in [1.165, 1.54) is 28.4 Å². The standard InChI is InChI=1S/C11H18N2S/c1-7(2)12-6-9-4-5-10-11(9)13-8(3)14-10/h7,9,12H,4-6H2,1-3H3. The Morgan fingerprint density at radius 3 is 3.07 bits per heavy atom. The van der Waals surface area contributed by atoms with Crippen LogP contribution < -0.4 is 5.32 Å². The van der Waals surface area contributed by atoms with Crippen LogP contribution in [0.15, 0.2) is 0 Å². The van der Waals surface area contributed by atoms with Crippen molar-refractivity contribution in [1.29, 1.82) is 0 Å². The summed E-state index contributed by atoms with van der Waals surface area (Å²) in [4.78, 5) is 6.16. The lowest BCUT2D eigenvalue weighted by molar-refractivity contribution is 0.521. The molecule has 1 heterocycles. The molecule has 1 aliphatic carbocycles. The molecule has 1 aliphatic rings. The third kappa shape index (κ3) is 1.98. The van der Waals surface area contributed by atoms with Crippen LogP contribution in [0.1, 0.15) is 41.8 Å². The number of aryl methyl sites for hydroxylation is 2. The lowest BCUT2D eigenvalue weighted by Gasteiger charge is -2.13. The Kier molecular flexibility index (Phi) is 2.88. The van der Waals surface area contributed by atoms with Gasteiger partial charge in [0.2, 0.25) is 0 Å². The van der Waals surface area contributed by atoms with Crippen molar-refractivity contribution in [3.63, 3.8) is 0 Å². The van der Waals surface area contributed by atoms with E-state index in [2.05, 4.69) is 31.1 Å². The summed E-state index contributed by atoms with van der Waals surface area (Å²) in [7, 11) is 0. The fraction of sp³-hybridized carbons (Fsp3) is 0.727. The zero-order chi connectivity index (χ0) is 10.1. The monoisotopic (exact) mass is 210 g/mol. The van der Waals surface area contributed by atoms with Gasteiger partial charge in [-0.3, -0.25) is 0 Å². The smallest absolute Gasteiger partial charge is 0.0900 e. The Morgan fingerprint density at radius 2 is 2.36 bits per heavy atom. The highest BCUT2D eigenvalue weighted by atomic mass is 32.1. The predicted molar refractivity (Wildman–Crippen MR) is 61.1 cm³/mol. The van der Waals surface area contributed by atoms with E-state index in [9.17, 15) is 0 Å². The van der Waals surface area contributed by atoms with Crippen LogP contribution in [0.3, 0.4) is 0 Å². The molecule has 1 unspecified atom stereocenters. The van der Waals surface area contributed by atoms with Gasteiger partial charge in [-0.15, -0.1) is 11.3 Å². The molecule has 1 N–H and O–H groups in total. The van der Waals surface area contributed by atoms with E-state index < -0.39 is 0 Å². The van der Waals surface area contributed by atoms with E-state index in [1.54, 1.807) is 0 Å². The molecule has 2 nitrogen and oxygen atoms in total. The van der Waals surface area contributed by atoms with Gasteiger partial charge < -0.3 is 5.32 Å². The van der Waals surface area contributed by atoms with Crippen LogP contribution in [-0.4, -0.2) is 17.6 Å². The maximum absolute atomic E-state index is 4.63. The van der Waals surface area contributed by atoms with Crippen LogP contribution in [-0.2, 0) is 6.42 Å². The molecule has 78 valence electrons. The summed E-state index contributed by atoms with van der Waals surface area (Å²) >= 11 is 1.88. The fourth-order valence-corrected chi connectivity index (χ4v) is 3.04. The molecule has 0 aromatic carbocycles. The van der Waals surface area contributed by atoms with Crippen molar-refractivity contribution in [3.8, 4) is 0 Å². The molecule has 0 fully saturated rings. The molecule has 2 rings (SSSR count). The first kappa shape index (κ1) is 10.1. The van der Waals surface area contributed by atoms with Crippen molar-refractivity contribution < 1.29 is 0 Å². The molecule has 0 spiro atoms. The van der Waals surface area contributed by atoms with E-state index in [1.807, 2.05) is 11.3 Å². The summed E-state index contributed by atoms with van der Waals surface area (Å²) in [6.45, 7) is 7.59. The molecule has 1 aromatic rings. The average Bonchev–Trinajstić information content (AvgIpc) is 2.60. The van der Waals surface area contributed by atoms with Crippen LogP contribution in [0.4, 0.5) is 0 Å². The van der Waals surface area contributed by atoms with Gasteiger partial charge in [-0.05, 0) is 19.8 Å². The number of hydrogen-bond acceptors (Lipinski definition) is 3. The van der Waals surface area contributed by atoms with Crippen molar-refractivity contribution in [3.05, 3.63) is 15.6 Å². The van der Waals surface area contributed by atoms with E-state index >= 15 is 0 Å². The van der Waals surface area contributed by atoms with Gasteiger partial charge in [0, 0.05) is 23.4 Å². The van der Waals surface area contributed by atoms with Gasteiger partial charge in [0.05, 0.1) is 10.7 Å². The number of nitrogens with one attached hydrogen (secondary N) is 1. The van der Waals surface area contributed by atoms with Crippen molar-refractivity contribution in [2.24, 2.45) is 0 Å². The molecular formula is C11H18N2S.